The van der Waals surface area contributed by atoms with E-state index in [0.29, 0.717) is 0 Å². The quantitative estimate of drug-likeness (QED) is 0.803. The summed E-state index contributed by atoms with van der Waals surface area (Å²) < 4.78 is 17.8. The highest BCUT2D eigenvalue weighted by molar-refractivity contribution is 5.76. The monoisotopic (exact) mass is 226 g/mol. The van der Waals surface area contributed by atoms with E-state index in [1.165, 1.54) is 12.1 Å². The van der Waals surface area contributed by atoms with E-state index in [0.717, 1.165) is 12.7 Å². The number of carbonyl (C=O) groups excluding carboxylic acids is 1. The molecule has 0 fully saturated rings. The van der Waals surface area contributed by atoms with Crippen molar-refractivity contribution in [2.75, 3.05) is 7.11 Å². The van der Waals surface area contributed by atoms with E-state index < -0.39 is 17.9 Å². The van der Waals surface area contributed by atoms with Gasteiger partial charge in [0.05, 0.1) is 7.11 Å². The van der Waals surface area contributed by atoms with E-state index in [1.807, 2.05) is 13.8 Å². The van der Waals surface area contributed by atoms with Crippen LogP contribution in [0.25, 0.3) is 0 Å². The van der Waals surface area contributed by atoms with Crippen molar-refractivity contribution in [2.45, 2.75) is 25.9 Å². The van der Waals surface area contributed by atoms with E-state index in [2.05, 4.69) is 4.74 Å². The van der Waals surface area contributed by atoms with Gasteiger partial charge in [-0.1, -0.05) is 19.9 Å². The minimum atomic E-state index is -1.57. The van der Waals surface area contributed by atoms with Gasteiger partial charge in [-0.15, -0.1) is 0 Å². The maximum Gasteiger partial charge on any atom is 0.339 e. The zero-order valence-electron chi connectivity index (χ0n) is 9.53. The average molecular weight is 226 g/mol. The van der Waals surface area contributed by atoms with Crippen LogP contribution in [0.4, 0.5) is 4.39 Å². The molecule has 88 valence electrons. The summed E-state index contributed by atoms with van der Waals surface area (Å²) in [5, 5.41) is 9.56. The molecule has 0 heterocycles. The largest absolute Gasteiger partial charge is 0.467 e. The standard InChI is InChI=1S/C12H15FO3/c1-7(2)8-4-5-10(13)9(6-8)11(14)12(15)16-3/h4-7,11,14H,1-3H3. The summed E-state index contributed by atoms with van der Waals surface area (Å²) >= 11 is 0. The first-order valence-electron chi connectivity index (χ1n) is 5.02. The zero-order valence-corrected chi connectivity index (χ0v) is 9.53. The highest BCUT2D eigenvalue weighted by Gasteiger charge is 2.22. The van der Waals surface area contributed by atoms with E-state index in [4.69, 9.17) is 0 Å². The Morgan fingerprint density at radius 3 is 2.56 bits per heavy atom. The third-order valence-corrected chi connectivity index (χ3v) is 2.41. The number of hydrogen-bond acceptors (Lipinski definition) is 3. The number of halogens is 1. The van der Waals surface area contributed by atoms with Crippen LogP contribution in [0.3, 0.4) is 0 Å². The van der Waals surface area contributed by atoms with Crippen LogP contribution in [0.15, 0.2) is 18.2 Å². The minimum absolute atomic E-state index is 0.0435. The van der Waals surface area contributed by atoms with Gasteiger partial charge in [0.15, 0.2) is 6.10 Å². The lowest BCUT2D eigenvalue weighted by Crippen LogP contribution is -2.15. The van der Waals surface area contributed by atoms with Crippen molar-refractivity contribution in [3.05, 3.63) is 35.1 Å². The van der Waals surface area contributed by atoms with Crippen molar-refractivity contribution in [3.63, 3.8) is 0 Å². The lowest BCUT2D eigenvalue weighted by atomic mass is 9.98. The number of aliphatic hydroxyl groups is 1. The third-order valence-electron chi connectivity index (χ3n) is 2.41. The Kier molecular flexibility index (Phi) is 4.01. The third kappa shape index (κ3) is 2.58. The fourth-order valence-corrected chi connectivity index (χ4v) is 1.37. The first-order chi connectivity index (χ1) is 7.47. The molecule has 0 saturated carbocycles. The maximum absolute atomic E-state index is 13.4. The van der Waals surface area contributed by atoms with Crippen LogP contribution in [-0.4, -0.2) is 18.2 Å². The molecule has 0 saturated heterocycles. The van der Waals surface area contributed by atoms with Crippen LogP contribution < -0.4 is 0 Å². The van der Waals surface area contributed by atoms with Crippen molar-refractivity contribution < 1.29 is 19.0 Å². The first kappa shape index (κ1) is 12.6. The highest BCUT2D eigenvalue weighted by atomic mass is 19.1. The molecule has 0 spiro atoms. The predicted octanol–water partition coefficient (Wildman–Crippen LogP) is 2.16. The fourth-order valence-electron chi connectivity index (χ4n) is 1.37. The minimum Gasteiger partial charge on any atom is -0.467 e. The summed E-state index contributed by atoms with van der Waals surface area (Å²) in [4.78, 5) is 11.1. The van der Waals surface area contributed by atoms with E-state index >= 15 is 0 Å². The molecule has 4 heteroatoms. The Labute approximate surface area is 93.9 Å². The molecule has 1 aromatic carbocycles. The molecule has 0 aliphatic carbocycles. The molecule has 1 N–H and O–H groups in total. The zero-order chi connectivity index (χ0) is 12.3. The van der Waals surface area contributed by atoms with Gasteiger partial charge in [-0.3, -0.25) is 0 Å². The number of rotatable bonds is 3. The molecule has 16 heavy (non-hydrogen) atoms. The van der Waals surface area contributed by atoms with Gasteiger partial charge in [-0.05, 0) is 23.6 Å². The lowest BCUT2D eigenvalue weighted by Gasteiger charge is -2.12. The number of ether oxygens (including phenoxy) is 1. The molecule has 0 amide bonds. The van der Waals surface area contributed by atoms with Gasteiger partial charge < -0.3 is 9.84 Å². The predicted molar refractivity (Wildman–Crippen MR) is 57.5 cm³/mol. The van der Waals surface area contributed by atoms with Crippen LogP contribution >= 0.6 is 0 Å². The Morgan fingerprint density at radius 2 is 2.06 bits per heavy atom. The van der Waals surface area contributed by atoms with Crippen LogP contribution in [0.2, 0.25) is 0 Å². The molecule has 1 aromatic rings. The number of benzene rings is 1. The Balaban J connectivity index is 3.11. The highest BCUT2D eigenvalue weighted by Crippen LogP contribution is 2.23. The van der Waals surface area contributed by atoms with E-state index in [-0.39, 0.29) is 11.5 Å². The number of carbonyl (C=O) groups is 1. The van der Waals surface area contributed by atoms with Crippen LogP contribution in [0, 0.1) is 5.82 Å². The molecular formula is C12H15FO3. The summed E-state index contributed by atoms with van der Waals surface area (Å²) in [7, 11) is 1.15. The van der Waals surface area contributed by atoms with Gasteiger partial charge in [0.2, 0.25) is 0 Å². The Hall–Kier alpha value is -1.42. The van der Waals surface area contributed by atoms with Gasteiger partial charge >= 0.3 is 5.97 Å². The van der Waals surface area contributed by atoms with E-state index in [1.54, 1.807) is 6.07 Å². The van der Waals surface area contributed by atoms with Crippen LogP contribution in [0.5, 0.6) is 0 Å². The summed E-state index contributed by atoms with van der Waals surface area (Å²) in [5.74, 6) is -1.27. The summed E-state index contributed by atoms with van der Waals surface area (Å²) in [6, 6.07) is 4.37. The molecule has 1 atom stereocenters. The second kappa shape index (κ2) is 5.07. The second-order valence-electron chi connectivity index (χ2n) is 3.86. The van der Waals surface area contributed by atoms with Gasteiger partial charge in [0.1, 0.15) is 5.82 Å². The topological polar surface area (TPSA) is 46.5 Å². The Morgan fingerprint density at radius 1 is 1.44 bits per heavy atom. The van der Waals surface area contributed by atoms with Crippen molar-refractivity contribution in [1.82, 2.24) is 0 Å². The molecule has 0 radical (unpaired) electrons. The molecule has 0 aliphatic heterocycles. The number of aliphatic hydroxyl groups excluding tert-OH is 1. The van der Waals surface area contributed by atoms with Crippen LogP contribution in [-0.2, 0) is 9.53 Å². The van der Waals surface area contributed by atoms with E-state index in [9.17, 15) is 14.3 Å². The molecule has 0 aliphatic rings. The summed E-state index contributed by atoms with van der Waals surface area (Å²) in [6.45, 7) is 3.89. The first-order valence-corrected chi connectivity index (χ1v) is 5.02. The number of methoxy groups -OCH3 is 1. The average Bonchev–Trinajstić information content (AvgIpc) is 2.27. The second-order valence-corrected chi connectivity index (χ2v) is 3.86. The Bertz CT molecular complexity index is 388. The SMILES string of the molecule is COC(=O)C(O)c1cc(C(C)C)ccc1F. The molecule has 0 aromatic heterocycles. The number of esters is 1. The smallest absolute Gasteiger partial charge is 0.339 e. The van der Waals surface area contributed by atoms with Gasteiger partial charge in [-0.25, -0.2) is 9.18 Å². The summed E-state index contributed by atoms with van der Waals surface area (Å²) in [6.07, 6.45) is -1.57. The molecular weight excluding hydrogens is 211 g/mol. The molecule has 0 bridgehead atoms. The van der Waals surface area contributed by atoms with Crippen molar-refractivity contribution in [1.29, 1.82) is 0 Å². The van der Waals surface area contributed by atoms with Crippen molar-refractivity contribution >= 4 is 5.97 Å². The van der Waals surface area contributed by atoms with Gasteiger partial charge in [0, 0.05) is 5.56 Å². The van der Waals surface area contributed by atoms with Crippen molar-refractivity contribution in [2.24, 2.45) is 0 Å². The summed E-state index contributed by atoms with van der Waals surface area (Å²) in [5.41, 5.74) is 0.817. The van der Waals surface area contributed by atoms with Gasteiger partial charge in [0.25, 0.3) is 0 Å². The lowest BCUT2D eigenvalue weighted by molar-refractivity contribution is -0.150. The van der Waals surface area contributed by atoms with Crippen molar-refractivity contribution in [3.8, 4) is 0 Å². The van der Waals surface area contributed by atoms with Crippen LogP contribution in [0.1, 0.15) is 37.0 Å². The molecule has 3 nitrogen and oxygen atoms in total. The normalized spacial score (nSPS) is 12.6. The maximum atomic E-state index is 13.4. The number of hydrogen-bond donors (Lipinski definition) is 1. The van der Waals surface area contributed by atoms with Gasteiger partial charge in [-0.2, -0.15) is 0 Å². The molecule has 1 rings (SSSR count). The molecule has 1 unspecified atom stereocenters. The fraction of sp³-hybridized carbons (Fsp3) is 0.417.